The van der Waals surface area contributed by atoms with Gasteiger partial charge in [-0.25, -0.2) is 4.98 Å². The van der Waals surface area contributed by atoms with Gasteiger partial charge < -0.3 is 9.88 Å². The van der Waals surface area contributed by atoms with E-state index in [2.05, 4.69) is 35.7 Å². The Morgan fingerprint density at radius 1 is 1.41 bits per heavy atom. The molecule has 1 aromatic heterocycles. The molecule has 2 saturated heterocycles. The second-order valence-electron chi connectivity index (χ2n) is 4.65. The summed E-state index contributed by atoms with van der Waals surface area (Å²) in [7, 11) is 0. The third kappa shape index (κ3) is 1.99. The van der Waals surface area contributed by atoms with E-state index in [1.807, 2.05) is 0 Å². The molecule has 3 rings (SSSR count). The lowest BCUT2D eigenvalue weighted by atomic mass is 10.1. The van der Waals surface area contributed by atoms with Gasteiger partial charge in [-0.2, -0.15) is 0 Å². The Hall–Kier alpha value is -0.880. The maximum atomic E-state index is 11.5. The standard InChI is InChI=1S/C11H15BrN4O/c12-9-10(13-7-14-11(9)17)16-5-4-15-3-1-2-8(15)6-16/h7-8H,1-6H2,(H,13,14,17). The summed E-state index contributed by atoms with van der Waals surface area (Å²) in [6.45, 7) is 4.23. The van der Waals surface area contributed by atoms with Crippen molar-refractivity contribution >= 4 is 21.7 Å². The minimum absolute atomic E-state index is 0.108. The molecular formula is C11H15BrN4O. The van der Waals surface area contributed by atoms with Crippen molar-refractivity contribution in [2.45, 2.75) is 18.9 Å². The first-order valence-corrected chi connectivity index (χ1v) is 6.77. The van der Waals surface area contributed by atoms with E-state index in [1.165, 1.54) is 25.7 Å². The summed E-state index contributed by atoms with van der Waals surface area (Å²) >= 11 is 3.33. The van der Waals surface area contributed by atoms with Gasteiger partial charge in [0.05, 0.1) is 6.33 Å². The number of piperazine rings is 1. The van der Waals surface area contributed by atoms with Crippen molar-refractivity contribution in [3.05, 3.63) is 21.2 Å². The van der Waals surface area contributed by atoms with Gasteiger partial charge in [0, 0.05) is 25.7 Å². The monoisotopic (exact) mass is 298 g/mol. The quantitative estimate of drug-likeness (QED) is 0.834. The number of fused-ring (bicyclic) bond motifs is 1. The van der Waals surface area contributed by atoms with Crippen LogP contribution in [0.15, 0.2) is 15.6 Å². The molecule has 0 radical (unpaired) electrons. The Bertz CT molecular complexity index is 475. The van der Waals surface area contributed by atoms with Crippen molar-refractivity contribution in [2.75, 3.05) is 31.1 Å². The van der Waals surface area contributed by atoms with E-state index in [9.17, 15) is 4.79 Å². The van der Waals surface area contributed by atoms with Crippen molar-refractivity contribution in [3.63, 3.8) is 0 Å². The smallest absolute Gasteiger partial charge is 0.267 e. The molecule has 5 nitrogen and oxygen atoms in total. The van der Waals surface area contributed by atoms with Gasteiger partial charge in [0.25, 0.3) is 5.56 Å². The lowest BCUT2D eigenvalue weighted by Gasteiger charge is -2.38. The zero-order valence-corrected chi connectivity index (χ0v) is 11.1. The number of H-pyrrole nitrogens is 1. The van der Waals surface area contributed by atoms with Gasteiger partial charge in [0.1, 0.15) is 10.3 Å². The highest BCUT2D eigenvalue weighted by Gasteiger charge is 2.31. The van der Waals surface area contributed by atoms with Crippen molar-refractivity contribution in [1.29, 1.82) is 0 Å². The van der Waals surface area contributed by atoms with E-state index < -0.39 is 0 Å². The number of aromatic nitrogens is 2. The van der Waals surface area contributed by atoms with Crippen LogP contribution in [0.25, 0.3) is 0 Å². The molecular weight excluding hydrogens is 284 g/mol. The van der Waals surface area contributed by atoms with Crippen LogP contribution >= 0.6 is 15.9 Å². The highest BCUT2D eigenvalue weighted by atomic mass is 79.9. The van der Waals surface area contributed by atoms with Crippen molar-refractivity contribution in [2.24, 2.45) is 0 Å². The highest BCUT2D eigenvalue weighted by Crippen LogP contribution is 2.26. The third-order valence-corrected chi connectivity index (χ3v) is 4.38. The summed E-state index contributed by atoms with van der Waals surface area (Å²) < 4.78 is 0.548. The molecule has 1 unspecified atom stereocenters. The number of rotatable bonds is 1. The van der Waals surface area contributed by atoms with Crippen LogP contribution < -0.4 is 10.5 Å². The average Bonchev–Trinajstić information content (AvgIpc) is 2.79. The van der Waals surface area contributed by atoms with Crippen LogP contribution in [0.4, 0.5) is 5.82 Å². The minimum Gasteiger partial charge on any atom is -0.353 e. The number of hydrogen-bond acceptors (Lipinski definition) is 4. The van der Waals surface area contributed by atoms with Crippen LogP contribution in [-0.4, -0.2) is 47.1 Å². The molecule has 2 aliphatic rings. The van der Waals surface area contributed by atoms with Crippen molar-refractivity contribution < 1.29 is 0 Å². The summed E-state index contributed by atoms with van der Waals surface area (Å²) in [5, 5.41) is 0. The second-order valence-corrected chi connectivity index (χ2v) is 5.44. The van der Waals surface area contributed by atoms with Crippen LogP contribution in [0.3, 0.4) is 0 Å². The van der Waals surface area contributed by atoms with Crippen LogP contribution in [0.1, 0.15) is 12.8 Å². The van der Waals surface area contributed by atoms with E-state index in [4.69, 9.17) is 0 Å². The summed E-state index contributed by atoms with van der Waals surface area (Å²) in [5.41, 5.74) is -0.108. The third-order valence-electron chi connectivity index (χ3n) is 3.67. The van der Waals surface area contributed by atoms with Gasteiger partial charge >= 0.3 is 0 Å². The molecule has 1 N–H and O–H groups in total. The maximum absolute atomic E-state index is 11.5. The number of halogens is 1. The van der Waals surface area contributed by atoms with Gasteiger partial charge in [0.2, 0.25) is 0 Å². The molecule has 2 aliphatic heterocycles. The Morgan fingerprint density at radius 3 is 3.18 bits per heavy atom. The highest BCUT2D eigenvalue weighted by molar-refractivity contribution is 9.10. The normalized spacial score (nSPS) is 25.0. The predicted molar refractivity (Wildman–Crippen MR) is 69.4 cm³/mol. The Labute approximate surface area is 108 Å². The number of nitrogens with zero attached hydrogens (tertiary/aromatic N) is 3. The number of anilines is 1. The van der Waals surface area contributed by atoms with Gasteiger partial charge in [0.15, 0.2) is 0 Å². The molecule has 0 bridgehead atoms. The number of nitrogens with one attached hydrogen (secondary N) is 1. The summed E-state index contributed by atoms with van der Waals surface area (Å²) in [4.78, 5) is 23.1. The molecule has 0 saturated carbocycles. The van der Waals surface area contributed by atoms with Gasteiger partial charge in [-0.3, -0.25) is 9.69 Å². The Kier molecular flexibility index (Phi) is 2.92. The summed E-state index contributed by atoms with van der Waals surface area (Å²) in [6, 6.07) is 0.636. The summed E-state index contributed by atoms with van der Waals surface area (Å²) in [5.74, 6) is 0.778. The van der Waals surface area contributed by atoms with E-state index in [-0.39, 0.29) is 5.56 Å². The molecule has 2 fully saturated rings. The Balaban J connectivity index is 1.85. The van der Waals surface area contributed by atoms with Gasteiger partial charge in [-0.1, -0.05) is 0 Å². The lowest BCUT2D eigenvalue weighted by molar-refractivity contribution is 0.230. The molecule has 1 aromatic rings. The average molecular weight is 299 g/mol. The van der Waals surface area contributed by atoms with Crippen LogP contribution in [0.2, 0.25) is 0 Å². The lowest BCUT2D eigenvalue weighted by Crippen LogP contribution is -2.50. The van der Waals surface area contributed by atoms with Crippen LogP contribution in [0, 0.1) is 0 Å². The fourth-order valence-corrected chi connectivity index (χ4v) is 3.25. The maximum Gasteiger partial charge on any atom is 0.267 e. The second kappa shape index (κ2) is 4.42. The van der Waals surface area contributed by atoms with E-state index in [0.717, 1.165) is 25.5 Å². The van der Waals surface area contributed by atoms with Crippen LogP contribution in [0.5, 0.6) is 0 Å². The molecule has 6 heteroatoms. The zero-order chi connectivity index (χ0) is 11.8. The number of hydrogen-bond donors (Lipinski definition) is 1. The largest absolute Gasteiger partial charge is 0.353 e. The predicted octanol–water partition coefficient (Wildman–Crippen LogP) is 0.817. The molecule has 1 atom stereocenters. The van der Waals surface area contributed by atoms with Crippen LogP contribution in [-0.2, 0) is 0 Å². The van der Waals surface area contributed by atoms with Crippen molar-refractivity contribution in [3.8, 4) is 0 Å². The first-order chi connectivity index (χ1) is 8.25. The fourth-order valence-electron chi connectivity index (χ4n) is 2.78. The SMILES string of the molecule is O=c1[nH]cnc(N2CCN3CCCC3C2)c1Br. The van der Waals surface area contributed by atoms with E-state index in [1.54, 1.807) is 0 Å². The molecule has 3 heterocycles. The molecule has 0 amide bonds. The van der Waals surface area contributed by atoms with E-state index in [0.29, 0.717) is 10.5 Å². The molecule has 0 aliphatic carbocycles. The minimum atomic E-state index is -0.108. The molecule has 0 aromatic carbocycles. The Morgan fingerprint density at radius 2 is 2.29 bits per heavy atom. The molecule has 0 spiro atoms. The summed E-state index contributed by atoms with van der Waals surface area (Å²) in [6.07, 6.45) is 4.03. The van der Waals surface area contributed by atoms with Gasteiger partial charge in [-0.15, -0.1) is 0 Å². The molecule has 17 heavy (non-hydrogen) atoms. The first-order valence-electron chi connectivity index (χ1n) is 5.98. The number of aromatic amines is 1. The zero-order valence-electron chi connectivity index (χ0n) is 9.53. The first kappa shape index (κ1) is 11.2. The fraction of sp³-hybridized carbons (Fsp3) is 0.636. The van der Waals surface area contributed by atoms with Gasteiger partial charge in [-0.05, 0) is 35.3 Å². The van der Waals surface area contributed by atoms with E-state index >= 15 is 0 Å². The topological polar surface area (TPSA) is 52.2 Å². The van der Waals surface area contributed by atoms with Crippen molar-refractivity contribution in [1.82, 2.24) is 14.9 Å². The molecule has 92 valence electrons.